The van der Waals surface area contributed by atoms with Crippen LogP contribution >= 0.6 is 0 Å². The van der Waals surface area contributed by atoms with Crippen molar-refractivity contribution < 1.29 is 4.39 Å². The number of nitrogens with one attached hydrogen (secondary N) is 1. The van der Waals surface area contributed by atoms with Crippen LogP contribution in [0, 0.1) is 5.82 Å². The summed E-state index contributed by atoms with van der Waals surface area (Å²) in [7, 11) is 0. The van der Waals surface area contributed by atoms with E-state index in [0.29, 0.717) is 18.3 Å². The van der Waals surface area contributed by atoms with Crippen molar-refractivity contribution >= 4 is 0 Å². The SMILES string of the molecule is Fc1cccc(-n2ncnc2CNC2CC2)c1. The van der Waals surface area contributed by atoms with Crippen LogP contribution in [-0.4, -0.2) is 20.8 Å². The van der Waals surface area contributed by atoms with Gasteiger partial charge in [0.1, 0.15) is 18.0 Å². The third-order valence-corrected chi connectivity index (χ3v) is 2.80. The van der Waals surface area contributed by atoms with E-state index in [1.54, 1.807) is 10.7 Å². The average Bonchev–Trinajstić information content (AvgIpc) is 3.04. The fraction of sp³-hybridized carbons (Fsp3) is 0.333. The molecule has 4 nitrogen and oxygen atoms in total. The fourth-order valence-corrected chi connectivity index (χ4v) is 1.73. The Morgan fingerprint density at radius 3 is 3.06 bits per heavy atom. The van der Waals surface area contributed by atoms with Gasteiger partial charge in [-0.3, -0.25) is 0 Å². The van der Waals surface area contributed by atoms with Crippen LogP contribution in [0.2, 0.25) is 0 Å². The van der Waals surface area contributed by atoms with E-state index in [-0.39, 0.29) is 5.82 Å². The van der Waals surface area contributed by atoms with E-state index in [0.717, 1.165) is 5.82 Å². The van der Waals surface area contributed by atoms with Gasteiger partial charge in [0, 0.05) is 6.04 Å². The summed E-state index contributed by atoms with van der Waals surface area (Å²) in [5.74, 6) is 0.543. The van der Waals surface area contributed by atoms with E-state index < -0.39 is 0 Å². The smallest absolute Gasteiger partial charge is 0.146 e. The second kappa shape index (κ2) is 4.25. The first-order chi connectivity index (χ1) is 8.33. The molecule has 0 unspecified atom stereocenters. The maximum absolute atomic E-state index is 13.1. The van der Waals surface area contributed by atoms with Crippen molar-refractivity contribution in [3.8, 4) is 5.69 Å². The Labute approximate surface area is 98.5 Å². The van der Waals surface area contributed by atoms with Gasteiger partial charge < -0.3 is 5.32 Å². The first kappa shape index (κ1) is 10.4. The lowest BCUT2D eigenvalue weighted by molar-refractivity contribution is 0.618. The quantitative estimate of drug-likeness (QED) is 0.871. The molecule has 1 saturated carbocycles. The predicted octanol–water partition coefficient (Wildman–Crippen LogP) is 1.66. The van der Waals surface area contributed by atoms with Crippen LogP contribution < -0.4 is 5.32 Å². The van der Waals surface area contributed by atoms with Crippen molar-refractivity contribution in [2.75, 3.05) is 0 Å². The van der Waals surface area contributed by atoms with Crippen molar-refractivity contribution in [2.45, 2.75) is 25.4 Å². The molecule has 0 aliphatic heterocycles. The van der Waals surface area contributed by atoms with Gasteiger partial charge in [0.15, 0.2) is 0 Å². The van der Waals surface area contributed by atoms with Gasteiger partial charge in [0.05, 0.1) is 12.2 Å². The zero-order chi connectivity index (χ0) is 11.7. The second-order valence-electron chi connectivity index (χ2n) is 4.22. The summed E-state index contributed by atoms with van der Waals surface area (Å²) in [5.41, 5.74) is 0.704. The summed E-state index contributed by atoms with van der Waals surface area (Å²) >= 11 is 0. The fourth-order valence-electron chi connectivity index (χ4n) is 1.73. The topological polar surface area (TPSA) is 42.7 Å². The summed E-state index contributed by atoms with van der Waals surface area (Å²) < 4.78 is 14.8. The highest BCUT2D eigenvalue weighted by atomic mass is 19.1. The Balaban J connectivity index is 1.83. The van der Waals surface area contributed by atoms with Gasteiger partial charge in [0.25, 0.3) is 0 Å². The summed E-state index contributed by atoms with van der Waals surface area (Å²) in [4.78, 5) is 4.19. The summed E-state index contributed by atoms with van der Waals surface area (Å²) in [5, 5.41) is 7.49. The lowest BCUT2D eigenvalue weighted by Gasteiger charge is -2.06. The third-order valence-electron chi connectivity index (χ3n) is 2.80. The van der Waals surface area contributed by atoms with E-state index in [4.69, 9.17) is 0 Å². The molecule has 1 aromatic heterocycles. The minimum Gasteiger partial charge on any atom is -0.307 e. The summed E-state index contributed by atoms with van der Waals surface area (Å²) in [6.07, 6.45) is 3.96. The van der Waals surface area contributed by atoms with Crippen LogP contribution in [0.15, 0.2) is 30.6 Å². The Kier molecular flexibility index (Phi) is 2.60. The van der Waals surface area contributed by atoms with Crippen molar-refractivity contribution in [1.29, 1.82) is 0 Å². The summed E-state index contributed by atoms with van der Waals surface area (Å²) in [6, 6.07) is 6.98. The van der Waals surface area contributed by atoms with Gasteiger partial charge in [-0.1, -0.05) is 6.07 Å². The van der Waals surface area contributed by atoms with Crippen molar-refractivity contribution in [1.82, 2.24) is 20.1 Å². The van der Waals surface area contributed by atoms with Gasteiger partial charge in [-0.2, -0.15) is 5.10 Å². The molecule has 2 aromatic rings. The Morgan fingerprint density at radius 2 is 2.29 bits per heavy atom. The van der Waals surface area contributed by atoms with Gasteiger partial charge in [-0.05, 0) is 31.0 Å². The highest BCUT2D eigenvalue weighted by Gasteiger charge is 2.21. The Hall–Kier alpha value is -1.75. The molecule has 1 aliphatic rings. The van der Waals surface area contributed by atoms with E-state index in [1.165, 1.54) is 31.3 Å². The van der Waals surface area contributed by atoms with E-state index in [9.17, 15) is 4.39 Å². The van der Waals surface area contributed by atoms with Gasteiger partial charge >= 0.3 is 0 Å². The molecule has 1 N–H and O–H groups in total. The monoisotopic (exact) mass is 232 g/mol. The van der Waals surface area contributed by atoms with Gasteiger partial charge in [-0.25, -0.2) is 14.1 Å². The van der Waals surface area contributed by atoms with Crippen LogP contribution in [0.25, 0.3) is 5.69 Å². The molecule has 0 saturated heterocycles. The van der Waals surface area contributed by atoms with E-state index in [1.807, 2.05) is 6.07 Å². The number of rotatable bonds is 4. The lowest BCUT2D eigenvalue weighted by atomic mass is 10.3. The molecule has 1 aliphatic carbocycles. The van der Waals surface area contributed by atoms with Crippen LogP contribution in [0.3, 0.4) is 0 Å². The van der Waals surface area contributed by atoms with Crippen LogP contribution in [0.1, 0.15) is 18.7 Å². The largest absolute Gasteiger partial charge is 0.307 e. The molecule has 1 fully saturated rings. The molecule has 1 aromatic carbocycles. The number of nitrogens with zero attached hydrogens (tertiary/aromatic N) is 3. The molecule has 0 atom stereocenters. The Bertz CT molecular complexity index is 519. The number of halogens is 1. The second-order valence-corrected chi connectivity index (χ2v) is 4.22. The molecular weight excluding hydrogens is 219 g/mol. The minimum absolute atomic E-state index is 0.265. The first-order valence-electron chi connectivity index (χ1n) is 5.71. The van der Waals surface area contributed by atoms with Crippen molar-refractivity contribution in [3.05, 3.63) is 42.2 Å². The maximum Gasteiger partial charge on any atom is 0.146 e. The molecule has 17 heavy (non-hydrogen) atoms. The van der Waals surface area contributed by atoms with E-state index >= 15 is 0 Å². The molecule has 3 rings (SSSR count). The van der Waals surface area contributed by atoms with Crippen molar-refractivity contribution in [2.24, 2.45) is 0 Å². The number of hydrogen-bond donors (Lipinski definition) is 1. The number of hydrogen-bond acceptors (Lipinski definition) is 3. The standard InChI is InChI=1S/C12H13FN4/c13-9-2-1-3-11(6-9)17-12(15-8-16-17)7-14-10-4-5-10/h1-3,6,8,10,14H,4-5,7H2. The lowest BCUT2D eigenvalue weighted by Crippen LogP contribution is -2.18. The highest BCUT2D eigenvalue weighted by Crippen LogP contribution is 2.19. The molecule has 0 amide bonds. The molecule has 0 spiro atoms. The zero-order valence-electron chi connectivity index (χ0n) is 9.31. The third kappa shape index (κ3) is 2.34. The predicted molar refractivity (Wildman–Crippen MR) is 61.2 cm³/mol. The minimum atomic E-state index is -0.265. The normalized spacial score (nSPS) is 15.1. The highest BCUT2D eigenvalue weighted by molar-refractivity contribution is 5.31. The molecule has 0 radical (unpaired) electrons. The molecule has 5 heteroatoms. The van der Waals surface area contributed by atoms with E-state index in [2.05, 4.69) is 15.4 Å². The molecule has 88 valence electrons. The van der Waals surface area contributed by atoms with Crippen LogP contribution in [0.5, 0.6) is 0 Å². The van der Waals surface area contributed by atoms with Gasteiger partial charge in [0.2, 0.25) is 0 Å². The zero-order valence-corrected chi connectivity index (χ0v) is 9.31. The van der Waals surface area contributed by atoms with Gasteiger partial charge in [-0.15, -0.1) is 0 Å². The average molecular weight is 232 g/mol. The Morgan fingerprint density at radius 1 is 1.41 bits per heavy atom. The molecular formula is C12H13FN4. The summed E-state index contributed by atoms with van der Waals surface area (Å²) in [6.45, 7) is 0.668. The number of benzene rings is 1. The number of aromatic nitrogens is 3. The molecule has 0 bridgehead atoms. The van der Waals surface area contributed by atoms with Crippen LogP contribution in [0.4, 0.5) is 4.39 Å². The first-order valence-corrected chi connectivity index (χ1v) is 5.71. The maximum atomic E-state index is 13.1. The van der Waals surface area contributed by atoms with Crippen molar-refractivity contribution in [3.63, 3.8) is 0 Å². The van der Waals surface area contributed by atoms with Crippen LogP contribution in [-0.2, 0) is 6.54 Å². The molecule has 1 heterocycles.